The second-order valence-electron chi connectivity index (χ2n) is 6.97. The van der Waals surface area contributed by atoms with Crippen molar-refractivity contribution in [2.24, 2.45) is 4.99 Å². The van der Waals surface area contributed by atoms with E-state index in [-0.39, 0.29) is 0 Å². The van der Waals surface area contributed by atoms with Crippen LogP contribution in [0, 0.1) is 6.92 Å². The summed E-state index contributed by atoms with van der Waals surface area (Å²) in [5, 5.41) is 22.5. The lowest BCUT2D eigenvalue weighted by molar-refractivity contribution is 0.0677. The number of rotatable bonds is 7. The number of hydrogen-bond donors (Lipinski definition) is 4. The van der Waals surface area contributed by atoms with Crippen molar-refractivity contribution in [3.8, 4) is 0 Å². The standard InChI is InChI=1S/C21H28N4OS/c1-4-22-20(25-14-21(3,26)17-9-11-27-13-17)23-10-8-16-12-24-18-7-5-6-15(2)19(16)18/h5-7,9,11-13,24,26H,4,8,10,14H2,1-3H3,(H2,22,23,25). The van der Waals surface area contributed by atoms with E-state index >= 15 is 0 Å². The Morgan fingerprint density at radius 3 is 2.89 bits per heavy atom. The van der Waals surface area contributed by atoms with E-state index in [4.69, 9.17) is 0 Å². The predicted octanol–water partition coefficient (Wildman–Crippen LogP) is 3.54. The van der Waals surface area contributed by atoms with Crippen LogP contribution in [0.5, 0.6) is 0 Å². The molecule has 3 aromatic rings. The van der Waals surface area contributed by atoms with Crippen molar-refractivity contribution in [3.63, 3.8) is 0 Å². The van der Waals surface area contributed by atoms with Crippen LogP contribution in [-0.4, -0.2) is 35.7 Å². The van der Waals surface area contributed by atoms with Gasteiger partial charge in [0.25, 0.3) is 0 Å². The molecule has 6 heteroatoms. The van der Waals surface area contributed by atoms with Crippen LogP contribution in [-0.2, 0) is 12.0 Å². The molecule has 0 radical (unpaired) electrons. The number of aromatic amines is 1. The monoisotopic (exact) mass is 384 g/mol. The molecule has 0 saturated heterocycles. The zero-order chi connectivity index (χ0) is 19.3. The van der Waals surface area contributed by atoms with Crippen molar-refractivity contribution in [1.82, 2.24) is 15.6 Å². The fraction of sp³-hybridized carbons (Fsp3) is 0.381. The van der Waals surface area contributed by atoms with E-state index in [1.165, 1.54) is 22.0 Å². The molecule has 144 valence electrons. The smallest absolute Gasteiger partial charge is 0.191 e. The lowest BCUT2D eigenvalue weighted by Gasteiger charge is -2.21. The number of nitrogens with zero attached hydrogens (tertiary/aromatic N) is 1. The number of aliphatic imine (C=N–C) groups is 1. The van der Waals surface area contributed by atoms with E-state index in [9.17, 15) is 5.11 Å². The predicted molar refractivity (Wildman–Crippen MR) is 115 cm³/mol. The second-order valence-corrected chi connectivity index (χ2v) is 7.75. The number of aryl methyl sites for hydroxylation is 1. The van der Waals surface area contributed by atoms with Crippen molar-refractivity contribution >= 4 is 28.2 Å². The fourth-order valence-corrected chi connectivity index (χ4v) is 3.98. The van der Waals surface area contributed by atoms with Gasteiger partial charge in [-0.3, -0.25) is 0 Å². The number of guanidine groups is 1. The zero-order valence-corrected chi connectivity index (χ0v) is 17.0. The zero-order valence-electron chi connectivity index (χ0n) is 16.2. The molecule has 0 saturated carbocycles. The van der Waals surface area contributed by atoms with Crippen molar-refractivity contribution in [2.75, 3.05) is 19.6 Å². The molecule has 1 atom stereocenters. The molecule has 3 rings (SSSR count). The molecule has 0 bridgehead atoms. The molecular weight excluding hydrogens is 356 g/mol. The Morgan fingerprint density at radius 2 is 2.15 bits per heavy atom. The summed E-state index contributed by atoms with van der Waals surface area (Å²) in [4.78, 5) is 7.93. The van der Waals surface area contributed by atoms with E-state index in [1.54, 1.807) is 18.3 Å². The lowest BCUT2D eigenvalue weighted by atomic mass is 10.00. The third-order valence-electron chi connectivity index (χ3n) is 4.71. The summed E-state index contributed by atoms with van der Waals surface area (Å²) in [7, 11) is 0. The summed E-state index contributed by atoms with van der Waals surface area (Å²) >= 11 is 1.58. The summed E-state index contributed by atoms with van der Waals surface area (Å²) in [5.41, 5.74) is 3.71. The largest absolute Gasteiger partial charge is 0.383 e. The van der Waals surface area contributed by atoms with Crippen LogP contribution in [0.3, 0.4) is 0 Å². The number of hydrogen-bond acceptors (Lipinski definition) is 3. The van der Waals surface area contributed by atoms with Crippen LogP contribution in [0.15, 0.2) is 46.2 Å². The highest BCUT2D eigenvalue weighted by molar-refractivity contribution is 7.08. The van der Waals surface area contributed by atoms with Gasteiger partial charge in [-0.05, 0) is 66.8 Å². The topological polar surface area (TPSA) is 72.4 Å². The number of H-pyrrole nitrogens is 1. The molecule has 0 aliphatic rings. The third kappa shape index (κ3) is 4.70. The van der Waals surface area contributed by atoms with Gasteiger partial charge in [-0.25, -0.2) is 4.99 Å². The molecule has 0 aliphatic carbocycles. The van der Waals surface area contributed by atoms with Gasteiger partial charge in [0.05, 0.1) is 6.54 Å². The fourth-order valence-electron chi connectivity index (χ4n) is 3.20. The molecule has 1 unspecified atom stereocenters. The van der Waals surface area contributed by atoms with E-state index in [0.717, 1.165) is 31.0 Å². The minimum absolute atomic E-state index is 0.311. The Hall–Kier alpha value is -2.31. The second kappa shape index (κ2) is 8.59. The van der Waals surface area contributed by atoms with Gasteiger partial charge in [0.1, 0.15) is 5.60 Å². The Kier molecular flexibility index (Phi) is 6.19. The van der Waals surface area contributed by atoms with Crippen LogP contribution in [0.1, 0.15) is 30.5 Å². The maximum atomic E-state index is 10.7. The third-order valence-corrected chi connectivity index (χ3v) is 5.40. The first-order valence-electron chi connectivity index (χ1n) is 9.34. The van der Waals surface area contributed by atoms with Gasteiger partial charge in [-0.2, -0.15) is 11.3 Å². The van der Waals surface area contributed by atoms with Gasteiger partial charge >= 0.3 is 0 Å². The number of thiophene rings is 1. The highest BCUT2D eigenvalue weighted by Crippen LogP contribution is 2.23. The Labute approximate surface area is 164 Å². The molecule has 1 aromatic carbocycles. The Balaban J connectivity index is 1.62. The lowest BCUT2D eigenvalue weighted by Crippen LogP contribution is -2.39. The molecule has 0 spiro atoms. The molecule has 0 fully saturated rings. The summed E-state index contributed by atoms with van der Waals surface area (Å²) < 4.78 is 0. The van der Waals surface area contributed by atoms with Crippen LogP contribution < -0.4 is 10.6 Å². The minimum Gasteiger partial charge on any atom is -0.383 e. The minimum atomic E-state index is -0.962. The van der Waals surface area contributed by atoms with Crippen molar-refractivity contribution < 1.29 is 5.11 Å². The highest BCUT2D eigenvalue weighted by Gasteiger charge is 2.23. The van der Waals surface area contributed by atoms with Crippen molar-refractivity contribution in [1.29, 1.82) is 0 Å². The van der Waals surface area contributed by atoms with Crippen LogP contribution in [0.4, 0.5) is 0 Å². The number of aliphatic hydroxyl groups is 1. The molecule has 5 nitrogen and oxygen atoms in total. The van der Waals surface area contributed by atoms with Gasteiger partial charge in [0, 0.05) is 30.2 Å². The molecule has 0 amide bonds. The van der Waals surface area contributed by atoms with Crippen molar-refractivity contribution in [3.05, 3.63) is 57.9 Å². The first-order valence-corrected chi connectivity index (χ1v) is 10.3. The maximum absolute atomic E-state index is 10.7. The van der Waals surface area contributed by atoms with Gasteiger partial charge in [-0.1, -0.05) is 12.1 Å². The molecule has 0 aliphatic heterocycles. The number of nitrogens with one attached hydrogen (secondary N) is 3. The van der Waals surface area contributed by atoms with E-state index in [1.807, 2.05) is 23.8 Å². The summed E-state index contributed by atoms with van der Waals surface area (Å²) in [6, 6.07) is 8.27. The molecule has 27 heavy (non-hydrogen) atoms. The first kappa shape index (κ1) is 19.5. The van der Waals surface area contributed by atoms with Crippen LogP contribution in [0.2, 0.25) is 0 Å². The van der Waals surface area contributed by atoms with E-state index in [2.05, 4.69) is 51.9 Å². The Morgan fingerprint density at radius 1 is 1.30 bits per heavy atom. The van der Waals surface area contributed by atoms with Crippen LogP contribution in [0.25, 0.3) is 10.9 Å². The van der Waals surface area contributed by atoms with E-state index < -0.39 is 5.60 Å². The summed E-state index contributed by atoms with van der Waals surface area (Å²) in [6.07, 6.45) is 2.99. The highest BCUT2D eigenvalue weighted by atomic mass is 32.1. The quantitative estimate of drug-likeness (QED) is 0.372. The Bertz CT molecular complexity index is 896. The average molecular weight is 385 g/mol. The summed E-state index contributed by atoms with van der Waals surface area (Å²) in [5.74, 6) is 0.726. The molecule has 4 N–H and O–H groups in total. The van der Waals surface area contributed by atoms with Gasteiger partial charge in [0.2, 0.25) is 0 Å². The first-order chi connectivity index (χ1) is 13.0. The van der Waals surface area contributed by atoms with E-state index in [0.29, 0.717) is 6.54 Å². The molecular formula is C21H28N4OS. The number of aromatic nitrogens is 1. The number of fused-ring (bicyclic) bond motifs is 1. The average Bonchev–Trinajstić information content (AvgIpc) is 3.31. The van der Waals surface area contributed by atoms with Gasteiger partial charge in [0.15, 0.2) is 5.96 Å². The molecule has 2 aromatic heterocycles. The van der Waals surface area contributed by atoms with Crippen LogP contribution >= 0.6 is 11.3 Å². The summed E-state index contributed by atoms with van der Waals surface area (Å²) in [6.45, 7) is 7.84. The molecule has 2 heterocycles. The SMILES string of the molecule is CCNC(=NCC(C)(O)c1ccsc1)NCCc1c[nH]c2cccc(C)c12. The van der Waals surface area contributed by atoms with Gasteiger partial charge < -0.3 is 20.7 Å². The number of benzene rings is 1. The maximum Gasteiger partial charge on any atom is 0.191 e. The normalized spacial score (nSPS) is 14.3. The van der Waals surface area contributed by atoms with Gasteiger partial charge in [-0.15, -0.1) is 0 Å². The van der Waals surface area contributed by atoms with Crippen molar-refractivity contribution in [2.45, 2.75) is 32.8 Å².